The van der Waals surface area contributed by atoms with E-state index in [0.717, 1.165) is 18.5 Å². The third-order valence-corrected chi connectivity index (χ3v) is 3.75. The molecule has 2 nitrogen and oxygen atoms in total. The number of halogens is 1. The van der Waals surface area contributed by atoms with Gasteiger partial charge in [0.15, 0.2) is 11.6 Å². The Kier molecular flexibility index (Phi) is 3.86. The second kappa shape index (κ2) is 5.12. The van der Waals surface area contributed by atoms with Crippen LogP contribution < -0.4 is 10.1 Å². The molecule has 0 radical (unpaired) electrons. The van der Waals surface area contributed by atoms with Gasteiger partial charge in [-0.15, -0.1) is 0 Å². The van der Waals surface area contributed by atoms with Gasteiger partial charge in [-0.3, -0.25) is 0 Å². The summed E-state index contributed by atoms with van der Waals surface area (Å²) in [5, 5.41) is 3.56. The lowest BCUT2D eigenvalue weighted by molar-refractivity contribution is 0.355. The molecular formula is C16H24FNO. The predicted octanol–water partition coefficient (Wildman–Crippen LogP) is 3.55. The van der Waals surface area contributed by atoms with Crippen LogP contribution in [0.4, 0.5) is 4.39 Å². The van der Waals surface area contributed by atoms with Gasteiger partial charge in [-0.05, 0) is 63.1 Å². The summed E-state index contributed by atoms with van der Waals surface area (Å²) in [4.78, 5) is 0. The number of ether oxygens (including phenoxy) is 1. The largest absolute Gasteiger partial charge is 0.494 e. The first-order valence-electron chi connectivity index (χ1n) is 6.91. The van der Waals surface area contributed by atoms with Crippen LogP contribution in [0.2, 0.25) is 0 Å². The van der Waals surface area contributed by atoms with Crippen molar-refractivity contribution in [2.24, 2.45) is 5.41 Å². The van der Waals surface area contributed by atoms with Crippen molar-refractivity contribution in [3.8, 4) is 5.75 Å². The Morgan fingerprint density at radius 2 is 2.00 bits per heavy atom. The standard InChI is InChI=1S/C16H24FNO/c1-15(2,3)18-11-16(7-8-16)10-12-5-6-14(19-4)13(17)9-12/h5-6,9,18H,7-8,10-11H2,1-4H3. The van der Waals surface area contributed by atoms with Gasteiger partial charge in [0.2, 0.25) is 0 Å². The van der Waals surface area contributed by atoms with Crippen LogP contribution in [0.5, 0.6) is 5.75 Å². The summed E-state index contributed by atoms with van der Waals surface area (Å²) >= 11 is 0. The Morgan fingerprint density at radius 3 is 2.47 bits per heavy atom. The maximum absolute atomic E-state index is 13.7. The molecule has 0 aliphatic heterocycles. The average molecular weight is 265 g/mol. The molecule has 1 saturated carbocycles. The Balaban J connectivity index is 1.99. The highest BCUT2D eigenvalue weighted by molar-refractivity contribution is 5.30. The molecule has 0 aromatic heterocycles. The van der Waals surface area contributed by atoms with E-state index in [-0.39, 0.29) is 11.4 Å². The van der Waals surface area contributed by atoms with Crippen molar-refractivity contribution in [3.63, 3.8) is 0 Å². The normalized spacial score (nSPS) is 17.3. The fourth-order valence-corrected chi connectivity index (χ4v) is 2.30. The molecule has 1 aromatic carbocycles. The first-order chi connectivity index (χ1) is 8.84. The van der Waals surface area contributed by atoms with E-state index >= 15 is 0 Å². The quantitative estimate of drug-likeness (QED) is 0.879. The monoisotopic (exact) mass is 265 g/mol. The van der Waals surface area contributed by atoms with Gasteiger partial charge in [-0.2, -0.15) is 0 Å². The first-order valence-corrected chi connectivity index (χ1v) is 6.91. The van der Waals surface area contributed by atoms with Crippen LogP contribution in [0.25, 0.3) is 0 Å². The molecule has 0 saturated heterocycles. The zero-order valence-corrected chi connectivity index (χ0v) is 12.3. The van der Waals surface area contributed by atoms with Gasteiger partial charge in [-0.25, -0.2) is 4.39 Å². The number of rotatable bonds is 5. The van der Waals surface area contributed by atoms with Crippen LogP contribution >= 0.6 is 0 Å². The number of hydrogen-bond donors (Lipinski definition) is 1. The average Bonchev–Trinajstić information content (AvgIpc) is 3.07. The minimum Gasteiger partial charge on any atom is -0.494 e. The summed E-state index contributed by atoms with van der Waals surface area (Å²) in [6, 6.07) is 5.30. The lowest BCUT2D eigenvalue weighted by atomic mass is 9.95. The summed E-state index contributed by atoms with van der Waals surface area (Å²) in [5.74, 6) is 0.0565. The van der Waals surface area contributed by atoms with Gasteiger partial charge >= 0.3 is 0 Å². The summed E-state index contributed by atoms with van der Waals surface area (Å²) < 4.78 is 18.6. The van der Waals surface area contributed by atoms with Gasteiger partial charge in [0.25, 0.3) is 0 Å². The van der Waals surface area contributed by atoms with E-state index < -0.39 is 0 Å². The molecule has 1 aliphatic carbocycles. The predicted molar refractivity (Wildman–Crippen MR) is 76.1 cm³/mol. The van der Waals surface area contributed by atoms with Crippen LogP contribution in [0.3, 0.4) is 0 Å². The lowest BCUT2D eigenvalue weighted by Crippen LogP contribution is -2.40. The number of nitrogens with one attached hydrogen (secondary N) is 1. The number of benzene rings is 1. The van der Waals surface area contributed by atoms with Crippen molar-refractivity contribution in [3.05, 3.63) is 29.6 Å². The molecule has 0 atom stereocenters. The highest BCUT2D eigenvalue weighted by Crippen LogP contribution is 2.48. The number of methoxy groups -OCH3 is 1. The van der Waals surface area contributed by atoms with Gasteiger partial charge in [0, 0.05) is 12.1 Å². The van der Waals surface area contributed by atoms with E-state index in [9.17, 15) is 4.39 Å². The second-order valence-corrected chi connectivity index (χ2v) is 6.75. The highest BCUT2D eigenvalue weighted by Gasteiger charge is 2.42. The Labute approximate surface area is 115 Å². The van der Waals surface area contributed by atoms with Crippen molar-refractivity contribution in [2.45, 2.75) is 45.6 Å². The molecule has 1 aromatic rings. The highest BCUT2D eigenvalue weighted by atomic mass is 19.1. The van der Waals surface area contributed by atoms with Gasteiger partial charge < -0.3 is 10.1 Å². The minimum absolute atomic E-state index is 0.140. The van der Waals surface area contributed by atoms with Gasteiger partial charge in [0.1, 0.15) is 0 Å². The molecule has 2 rings (SSSR count). The fourth-order valence-electron chi connectivity index (χ4n) is 2.30. The van der Waals surface area contributed by atoms with Crippen LogP contribution in [0.15, 0.2) is 18.2 Å². The minimum atomic E-state index is -0.264. The molecule has 1 aliphatic rings. The second-order valence-electron chi connectivity index (χ2n) is 6.75. The van der Waals surface area contributed by atoms with E-state index in [1.54, 1.807) is 12.1 Å². The summed E-state index contributed by atoms with van der Waals surface area (Å²) in [7, 11) is 1.49. The van der Waals surface area contributed by atoms with Gasteiger partial charge in [-0.1, -0.05) is 6.07 Å². The fraction of sp³-hybridized carbons (Fsp3) is 0.625. The molecule has 0 unspecified atom stereocenters. The van der Waals surface area contributed by atoms with Crippen molar-refractivity contribution >= 4 is 0 Å². The zero-order valence-electron chi connectivity index (χ0n) is 12.3. The molecular weight excluding hydrogens is 241 g/mol. The third-order valence-electron chi connectivity index (χ3n) is 3.75. The van der Waals surface area contributed by atoms with Crippen molar-refractivity contribution in [2.75, 3.05) is 13.7 Å². The van der Waals surface area contributed by atoms with Crippen LogP contribution in [-0.4, -0.2) is 19.2 Å². The Bertz CT molecular complexity index is 447. The molecule has 3 heteroatoms. The van der Waals surface area contributed by atoms with E-state index in [2.05, 4.69) is 26.1 Å². The maximum Gasteiger partial charge on any atom is 0.165 e. The summed E-state index contributed by atoms with van der Waals surface area (Å²) in [6.45, 7) is 7.53. The number of hydrogen-bond acceptors (Lipinski definition) is 2. The smallest absolute Gasteiger partial charge is 0.165 e. The Hall–Kier alpha value is -1.09. The van der Waals surface area contributed by atoms with Crippen LogP contribution in [0, 0.1) is 11.2 Å². The first kappa shape index (κ1) is 14.3. The van der Waals surface area contributed by atoms with E-state index in [1.807, 2.05) is 6.07 Å². The van der Waals surface area contributed by atoms with Crippen molar-refractivity contribution in [1.29, 1.82) is 0 Å². The van der Waals surface area contributed by atoms with Crippen LogP contribution in [0.1, 0.15) is 39.2 Å². The molecule has 0 heterocycles. The summed E-state index contributed by atoms with van der Waals surface area (Å²) in [5.41, 5.74) is 1.53. The lowest BCUT2D eigenvalue weighted by Gasteiger charge is -2.25. The molecule has 1 N–H and O–H groups in total. The topological polar surface area (TPSA) is 21.3 Å². The molecule has 106 valence electrons. The van der Waals surface area contributed by atoms with Crippen molar-refractivity contribution < 1.29 is 9.13 Å². The molecule has 0 amide bonds. The van der Waals surface area contributed by atoms with Crippen molar-refractivity contribution in [1.82, 2.24) is 5.32 Å². The summed E-state index contributed by atoms with van der Waals surface area (Å²) in [6.07, 6.45) is 3.39. The molecule has 19 heavy (non-hydrogen) atoms. The molecule has 0 spiro atoms. The SMILES string of the molecule is COc1ccc(CC2(CNC(C)(C)C)CC2)cc1F. The molecule has 1 fully saturated rings. The molecule has 0 bridgehead atoms. The Morgan fingerprint density at radius 1 is 1.32 bits per heavy atom. The van der Waals surface area contributed by atoms with E-state index in [4.69, 9.17) is 4.74 Å². The third kappa shape index (κ3) is 3.93. The maximum atomic E-state index is 13.7. The zero-order chi connectivity index (χ0) is 14.1. The van der Waals surface area contributed by atoms with Crippen LogP contribution in [-0.2, 0) is 6.42 Å². The van der Waals surface area contributed by atoms with E-state index in [0.29, 0.717) is 11.2 Å². The van der Waals surface area contributed by atoms with E-state index in [1.165, 1.54) is 20.0 Å². The van der Waals surface area contributed by atoms with Gasteiger partial charge in [0.05, 0.1) is 7.11 Å².